The van der Waals surface area contributed by atoms with Crippen LogP contribution in [0.25, 0.3) is 6.08 Å². The zero-order valence-corrected chi connectivity index (χ0v) is 20.1. The number of allylic oxidation sites excluding steroid dienone is 1. The molecule has 2 aromatic rings. The molecule has 2 heterocycles. The molecule has 33 heavy (non-hydrogen) atoms. The molecule has 1 amide bonds. The molecule has 0 fully saturated rings. The second kappa shape index (κ2) is 10.4. The Hall–Kier alpha value is -2.82. The fourth-order valence-electron chi connectivity index (χ4n) is 3.71. The molecule has 1 N–H and O–H groups in total. The molecule has 178 valence electrons. The van der Waals surface area contributed by atoms with Crippen LogP contribution in [0, 0.1) is 5.92 Å². The van der Waals surface area contributed by atoms with E-state index in [0.717, 1.165) is 5.56 Å². The van der Waals surface area contributed by atoms with Crippen molar-refractivity contribution in [1.29, 1.82) is 0 Å². The fraction of sp³-hybridized carbons (Fsp3) is 0.435. The zero-order chi connectivity index (χ0) is 24.2. The third kappa shape index (κ3) is 5.40. The van der Waals surface area contributed by atoms with Gasteiger partial charge in [0.25, 0.3) is 5.91 Å². The van der Waals surface area contributed by atoms with Crippen LogP contribution in [0.3, 0.4) is 0 Å². The lowest BCUT2D eigenvalue weighted by Gasteiger charge is -2.37. The number of hydrogen-bond acceptors (Lipinski definition) is 7. The van der Waals surface area contributed by atoms with Crippen LogP contribution < -0.4 is 4.74 Å². The Morgan fingerprint density at radius 2 is 2.15 bits per heavy atom. The highest BCUT2D eigenvalue weighted by atomic mass is 32.2. The SMILES string of the molecule is CC=Cc1ccc2c(c1)O[C@@H](CN(C)C(=O)c1cnccn1)[C@@H](C)CN([C@H](C)CO)S2(=O)=O. The summed E-state index contributed by atoms with van der Waals surface area (Å²) in [5.41, 5.74) is 1.01. The number of ether oxygens (including phenoxy) is 1. The number of nitrogens with zero attached hydrogens (tertiary/aromatic N) is 4. The molecule has 1 aromatic carbocycles. The second-order valence-electron chi connectivity index (χ2n) is 8.22. The maximum absolute atomic E-state index is 13.5. The molecule has 3 atom stereocenters. The topological polar surface area (TPSA) is 113 Å². The smallest absolute Gasteiger partial charge is 0.273 e. The summed E-state index contributed by atoms with van der Waals surface area (Å²) in [6.07, 6.45) is 7.55. The van der Waals surface area contributed by atoms with Crippen LogP contribution in [-0.2, 0) is 10.0 Å². The van der Waals surface area contributed by atoms with E-state index in [9.17, 15) is 18.3 Å². The number of aromatic nitrogens is 2. The van der Waals surface area contributed by atoms with Gasteiger partial charge >= 0.3 is 0 Å². The summed E-state index contributed by atoms with van der Waals surface area (Å²) in [6, 6.07) is 4.31. The Morgan fingerprint density at radius 3 is 2.79 bits per heavy atom. The number of sulfonamides is 1. The van der Waals surface area contributed by atoms with Crippen molar-refractivity contribution in [2.75, 3.05) is 26.7 Å². The van der Waals surface area contributed by atoms with E-state index in [2.05, 4.69) is 9.97 Å². The molecule has 1 aliphatic rings. The largest absolute Gasteiger partial charge is 0.487 e. The van der Waals surface area contributed by atoms with E-state index in [0.29, 0.717) is 0 Å². The van der Waals surface area contributed by atoms with Crippen molar-refractivity contribution < 1.29 is 23.1 Å². The van der Waals surface area contributed by atoms with Gasteiger partial charge in [-0.15, -0.1) is 0 Å². The Morgan fingerprint density at radius 1 is 1.39 bits per heavy atom. The highest BCUT2D eigenvalue weighted by Gasteiger charge is 2.38. The maximum Gasteiger partial charge on any atom is 0.273 e. The van der Waals surface area contributed by atoms with E-state index in [1.165, 1.54) is 33.9 Å². The summed E-state index contributed by atoms with van der Waals surface area (Å²) >= 11 is 0. The molecular formula is C23H30N4O5S. The van der Waals surface area contributed by atoms with Crippen molar-refractivity contribution >= 4 is 22.0 Å². The van der Waals surface area contributed by atoms with Gasteiger partial charge in [-0.25, -0.2) is 13.4 Å². The van der Waals surface area contributed by atoms with Gasteiger partial charge < -0.3 is 14.7 Å². The van der Waals surface area contributed by atoms with Gasteiger partial charge in [-0.05, 0) is 31.5 Å². The molecular weight excluding hydrogens is 444 g/mol. The average Bonchev–Trinajstić information content (AvgIpc) is 2.81. The third-order valence-corrected chi connectivity index (χ3v) is 7.65. The van der Waals surface area contributed by atoms with E-state index in [1.807, 2.05) is 26.0 Å². The number of rotatable bonds is 6. The lowest BCUT2D eigenvalue weighted by Crippen LogP contribution is -2.50. The summed E-state index contributed by atoms with van der Waals surface area (Å²) in [5.74, 6) is -0.362. The zero-order valence-electron chi connectivity index (χ0n) is 19.2. The Kier molecular flexibility index (Phi) is 7.83. The molecule has 0 aliphatic carbocycles. The van der Waals surface area contributed by atoms with Gasteiger partial charge in [-0.3, -0.25) is 9.78 Å². The van der Waals surface area contributed by atoms with Crippen LogP contribution in [0.5, 0.6) is 5.75 Å². The van der Waals surface area contributed by atoms with Crippen LogP contribution in [0.15, 0.2) is 47.8 Å². The normalized spacial score (nSPS) is 21.5. The lowest BCUT2D eigenvalue weighted by atomic mass is 10.0. The predicted octanol–water partition coefficient (Wildman–Crippen LogP) is 2.05. The Bertz CT molecular complexity index is 1110. The minimum Gasteiger partial charge on any atom is -0.487 e. The highest BCUT2D eigenvalue weighted by Crippen LogP contribution is 2.34. The molecule has 1 aromatic heterocycles. The number of aliphatic hydroxyl groups is 1. The molecule has 0 bridgehead atoms. The highest BCUT2D eigenvalue weighted by molar-refractivity contribution is 7.89. The number of hydrogen-bond donors (Lipinski definition) is 1. The van der Waals surface area contributed by atoms with Gasteiger partial charge in [0.15, 0.2) is 0 Å². The van der Waals surface area contributed by atoms with Crippen LogP contribution in [0.4, 0.5) is 0 Å². The molecule has 10 heteroatoms. The van der Waals surface area contributed by atoms with Gasteiger partial charge in [0.2, 0.25) is 10.0 Å². The van der Waals surface area contributed by atoms with E-state index < -0.39 is 22.2 Å². The molecule has 0 saturated carbocycles. The maximum atomic E-state index is 13.5. The summed E-state index contributed by atoms with van der Waals surface area (Å²) in [6.45, 7) is 5.45. The summed E-state index contributed by atoms with van der Waals surface area (Å²) in [5, 5.41) is 9.73. The van der Waals surface area contributed by atoms with Crippen LogP contribution >= 0.6 is 0 Å². The first kappa shape index (κ1) is 24.8. The van der Waals surface area contributed by atoms with Crippen LogP contribution in [0.1, 0.15) is 36.8 Å². The summed E-state index contributed by atoms with van der Waals surface area (Å²) in [7, 11) is -2.26. The first-order chi connectivity index (χ1) is 15.7. The number of carbonyl (C=O) groups excluding carboxylic acids is 1. The van der Waals surface area contributed by atoms with Crippen LogP contribution in [0.2, 0.25) is 0 Å². The number of fused-ring (bicyclic) bond motifs is 1. The third-order valence-electron chi connectivity index (χ3n) is 5.63. The van der Waals surface area contributed by atoms with Crippen molar-refractivity contribution in [1.82, 2.24) is 19.2 Å². The van der Waals surface area contributed by atoms with Crippen molar-refractivity contribution in [3.8, 4) is 5.75 Å². The summed E-state index contributed by atoms with van der Waals surface area (Å²) < 4.78 is 34.5. The second-order valence-corrected chi connectivity index (χ2v) is 10.1. The summed E-state index contributed by atoms with van der Waals surface area (Å²) in [4.78, 5) is 22.3. The number of aliphatic hydroxyl groups excluding tert-OH is 1. The fourth-order valence-corrected chi connectivity index (χ4v) is 5.54. The predicted molar refractivity (Wildman–Crippen MR) is 124 cm³/mol. The van der Waals surface area contributed by atoms with Crippen LogP contribution in [-0.4, -0.2) is 77.5 Å². The quantitative estimate of drug-likeness (QED) is 0.682. The van der Waals surface area contributed by atoms with Crippen molar-refractivity contribution in [3.05, 3.63) is 54.1 Å². The number of carbonyl (C=O) groups is 1. The first-order valence-electron chi connectivity index (χ1n) is 10.8. The Labute approximate surface area is 194 Å². The molecule has 3 rings (SSSR count). The molecule has 0 unspecified atom stereocenters. The first-order valence-corrected chi connectivity index (χ1v) is 12.2. The minimum absolute atomic E-state index is 0.0378. The molecule has 1 aliphatic heterocycles. The molecule has 9 nitrogen and oxygen atoms in total. The van der Waals surface area contributed by atoms with Gasteiger partial charge in [0.1, 0.15) is 22.4 Å². The van der Waals surface area contributed by atoms with E-state index >= 15 is 0 Å². The van der Waals surface area contributed by atoms with Crippen molar-refractivity contribution in [3.63, 3.8) is 0 Å². The van der Waals surface area contributed by atoms with E-state index in [1.54, 1.807) is 26.1 Å². The van der Waals surface area contributed by atoms with Crippen molar-refractivity contribution in [2.45, 2.75) is 37.8 Å². The molecule has 0 spiro atoms. The van der Waals surface area contributed by atoms with E-state index in [-0.39, 0.29) is 47.9 Å². The Balaban J connectivity index is 2.01. The number of likely N-dealkylation sites (N-methyl/N-ethyl adjacent to an activating group) is 1. The lowest BCUT2D eigenvalue weighted by molar-refractivity contribution is 0.0559. The van der Waals surface area contributed by atoms with Gasteiger partial charge in [-0.1, -0.05) is 25.1 Å². The van der Waals surface area contributed by atoms with Gasteiger partial charge in [0.05, 0.1) is 19.3 Å². The number of benzene rings is 1. The van der Waals surface area contributed by atoms with Crippen molar-refractivity contribution in [2.24, 2.45) is 5.92 Å². The van der Waals surface area contributed by atoms with Gasteiger partial charge in [-0.2, -0.15) is 4.31 Å². The molecule has 0 saturated heterocycles. The van der Waals surface area contributed by atoms with Gasteiger partial charge in [0, 0.05) is 37.9 Å². The minimum atomic E-state index is -3.90. The number of amides is 1. The standard InChI is InChI=1S/C23H30N4O5S/c1-5-6-18-7-8-22-20(11-18)32-21(14-26(4)23(29)19-12-24-9-10-25-19)16(2)13-27(17(3)15-28)33(22,30)31/h5-12,16-17,21,28H,13-15H2,1-4H3/t16-,17+,21-/m0/s1. The average molecular weight is 475 g/mol. The monoisotopic (exact) mass is 474 g/mol. The molecule has 0 radical (unpaired) electrons. The van der Waals surface area contributed by atoms with E-state index in [4.69, 9.17) is 4.74 Å².